The number of carbonyl (C=O) groups excluding carboxylic acids is 1. The second-order valence-corrected chi connectivity index (χ2v) is 4.75. The molecule has 0 aliphatic carbocycles. The molecule has 0 saturated heterocycles. The van der Waals surface area contributed by atoms with Crippen molar-refractivity contribution in [2.24, 2.45) is 0 Å². The highest BCUT2D eigenvalue weighted by molar-refractivity contribution is 6.30. The number of carboxylic acids is 1. The lowest BCUT2D eigenvalue weighted by molar-refractivity contribution is -0.137. The van der Waals surface area contributed by atoms with Crippen molar-refractivity contribution in [1.82, 2.24) is 15.5 Å². The van der Waals surface area contributed by atoms with E-state index in [1.54, 1.807) is 24.3 Å². The summed E-state index contributed by atoms with van der Waals surface area (Å²) in [7, 11) is 0. The molecule has 108 valence electrons. The summed E-state index contributed by atoms with van der Waals surface area (Å²) < 4.78 is 0. The fraction of sp³-hybridized carbons (Fsp3) is 0.143. The third-order valence-corrected chi connectivity index (χ3v) is 3.02. The molecular weight excluding hydrogens is 294 g/mol. The molecule has 0 bridgehead atoms. The van der Waals surface area contributed by atoms with Crippen LogP contribution in [0.25, 0.3) is 0 Å². The van der Waals surface area contributed by atoms with E-state index in [1.165, 1.54) is 18.5 Å². The van der Waals surface area contributed by atoms with Gasteiger partial charge in [0.1, 0.15) is 0 Å². The molecule has 1 atom stereocenters. The second kappa shape index (κ2) is 6.81. The Morgan fingerprint density at radius 3 is 2.71 bits per heavy atom. The summed E-state index contributed by atoms with van der Waals surface area (Å²) in [6.07, 6.45) is 2.45. The van der Waals surface area contributed by atoms with E-state index in [2.05, 4.69) is 15.5 Å². The molecule has 2 aromatic rings. The van der Waals surface area contributed by atoms with Gasteiger partial charge in [-0.15, -0.1) is 0 Å². The van der Waals surface area contributed by atoms with Gasteiger partial charge in [0, 0.05) is 5.02 Å². The third-order valence-electron chi connectivity index (χ3n) is 2.78. The zero-order chi connectivity index (χ0) is 15.2. The van der Waals surface area contributed by atoms with Crippen molar-refractivity contribution in [2.45, 2.75) is 12.5 Å². The van der Waals surface area contributed by atoms with Gasteiger partial charge in [-0.1, -0.05) is 23.7 Å². The van der Waals surface area contributed by atoms with E-state index in [0.29, 0.717) is 16.1 Å². The highest BCUT2D eigenvalue weighted by Gasteiger charge is 2.19. The Bertz CT molecular complexity index is 649. The maximum Gasteiger partial charge on any atom is 0.305 e. The molecule has 7 heteroatoms. The van der Waals surface area contributed by atoms with Crippen LogP contribution in [0.15, 0.2) is 42.7 Å². The number of carboxylic acid groups (broad SMARTS) is 1. The normalized spacial score (nSPS) is 11.7. The Morgan fingerprint density at radius 2 is 2.10 bits per heavy atom. The molecular formula is C14H12ClN3O3. The van der Waals surface area contributed by atoms with Gasteiger partial charge in [-0.25, -0.2) is 0 Å². The number of nitrogens with one attached hydrogen (secondary N) is 1. The number of hydrogen-bond donors (Lipinski definition) is 2. The van der Waals surface area contributed by atoms with Gasteiger partial charge >= 0.3 is 5.97 Å². The monoisotopic (exact) mass is 305 g/mol. The molecule has 1 aromatic heterocycles. The van der Waals surface area contributed by atoms with Crippen LogP contribution < -0.4 is 5.32 Å². The van der Waals surface area contributed by atoms with Crippen molar-refractivity contribution in [2.75, 3.05) is 0 Å². The molecule has 21 heavy (non-hydrogen) atoms. The van der Waals surface area contributed by atoms with E-state index < -0.39 is 17.9 Å². The SMILES string of the molecule is O=C(O)CC(NC(=O)c1ccnnc1)c1cccc(Cl)c1. The predicted molar refractivity (Wildman–Crippen MR) is 75.9 cm³/mol. The Morgan fingerprint density at radius 1 is 1.29 bits per heavy atom. The van der Waals surface area contributed by atoms with Gasteiger partial charge in [0.25, 0.3) is 5.91 Å². The number of benzene rings is 1. The van der Waals surface area contributed by atoms with Crippen LogP contribution in [0.4, 0.5) is 0 Å². The first-order valence-electron chi connectivity index (χ1n) is 6.11. The predicted octanol–water partition coefficient (Wildman–Crippen LogP) is 2.08. The fourth-order valence-corrected chi connectivity index (χ4v) is 2.02. The van der Waals surface area contributed by atoms with E-state index in [9.17, 15) is 9.59 Å². The molecule has 1 heterocycles. The maximum absolute atomic E-state index is 12.1. The van der Waals surface area contributed by atoms with Crippen LogP contribution in [0.3, 0.4) is 0 Å². The number of rotatable bonds is 5. The number of nitrogens with zero attached hydrogens (tertiary/aromatic N) is 2. The zero-order valence-corrected chi connectivity index (χ0v) is 11.6. The smallest absolute Gasteiger partial charge is 0.305 e. The Labute approximate surface area is 125 Å². The summed E-state index contributed by atoms with van der Waals surface area (Å²) in [5.74, 6) is -1.44. The summed E-state index contributed by atoms with van der Waals surface area (Å²) in [4.78, 5) is 23.1. The van der Waals surface area contributed by atoms with Gasteiger partial charge in [-0.2, -0.15) is 10.2 Å². The lowest BCUT2D eigenvalue weighted by atomic mass is 10.0. The van der Waals surface area contributed by atoms with Gasteiger partial charge in [0.05, 0.1) is 30.4 Å². The van der Waals surface area contributed by atoms with Crippen LogP contribution >= 0.6 is 11.6 Å². The van der Waals surface area contributed by atoms with Crippen molar-refractivity contribution < 1.29 is 14.7 Å². The molecule has 1 amide bonds. The molecule has 1 aromatic carbocycles. The Hall–Kier alpha value is -2.47. The standard InChI is InChI=1S/C14H12ClN3O3/c15-11-3-1-2-9(6-11)12(7-13(19)20)18-14(21)10-4-5-16-17-8-10/h1-6,8,12H,7H2,(H,18,21)(H,19,20). The lowest BCUT2D eigenvalue weighted by Crippen LogP contribution is -2.30. The molecule has 0 fully saturated rings. The number of carbonyl (C=O) groups is 2. The minimum atomic E-state index is -1.02. The summed E-state index contributed by atoms with van der Waals surface area (Å²) in [5.41, 5.74) is 0.933. The molecule has 2 rings (SSSR count). The maximum atomic E-state index is 12.1. The number of hydrogen-bond acceptors (Lipinski definition) is 4. The van der Waals surface area contributed by atoms with Crippen molar-refractivity contribution in [3.63, 3.8) is 0 Å². The molecule has 0 aliphatic rings. The average Bonchev–Trinajstić information content (AvgIpc) is 2.47. The van der Waals surface area contributed by atoms with Crippen LogP contribution in [0.2, 0.25) is 5.02 Å². The highest BCUT2D eigenvalue weighted by atomic mass is 35.5. The highest BCUT2D eigenvalue weighted by Crippen LogP contribution is 2.21. The quantitative estimate of drug-likeness (QED) is 0.882. The van der Waals surface area contributed by atoms with E-state index in [4.69, 9.17) is 16.7 Å². The van der Waals surface area contributed by atoms with Crippen molar-refractivity contribution >= 4 is 23.5 Å². The van der Waals surface area contributed by atoms with E-state index in [1.807, 2.05) is 0 Å². The number of amides is 1. The minimum absolute atomic E-state index is 0.245. The van der Waals surface area contributed by atoms with Gasteiger partial charge in [0.15, 0.2) is 0 Å². The van der Waals surface area contributed by atoms with E-state index in [0.717, 1.165) is 0 Å². The largest absolute Gasteiger partial charge is 0.481 e. The molecule has 6 nitrogen and oxygen atoms in total. The Balaban J connectivity index is 2.21. The second-order valence-electron chi connectivity index (χ2n) is 4.31. The van der Waals surface area contributed by atoms with Gasteiger partial charge < -0.3 is 10.4 Å². The van der Waals surface area contributed by atoms with Crippen molar-refractivity contribution in [3.8, 4) is 0 Å². The van der Waals surface area contributed by atoms with Crippen molar-refractivity contribution in [1.29, 1.82) is 0 Å². The number of aliphatic carboxylic acids is 1. The minimum Gasteiger partial charge on any atom is -0.481 e. The number of aromatic nitrogens is 2. The molecule has 0 saturated carbocycles. The van der Waals surface area contributed by atoms with Crippen LogP contribution in [-0.4, -0.2) is 27.2 Å². The molecule has 2 N–H and O–H groups in total. The average molecular weight is 306 g/mol. The summed E-state index contributed by atoms with van der Waals surface area (Å²) >= 11 is 5.90. The lowest BCUT2D eigenvalue weighted by Gasteiger charge is -2.17. The first-order valence-corrected chi connectivity index (χ1v) is 6.49. The zero-order valence-electron chi connectivity index (χ0n) is 10.9. The fourth-order valence-electron chi connectivity index (χ4n) is 1.82. The Kier molecular flexibility index (Phi) is 4.84. The third kappa shape index (κ3) is 4.25. The topological polar surface area (TPSA) is 92.2 Å². The molecule has 1 unspecified atom stereocenters. The summed E-state index contributed by atoms with van der Waals surface area (Å²) in [6, 6.07) is 7.54. The van der Waals surface area contributed by atoms with E-state index >= 15 is 0 Å². The summed E-state index contributed by atoms with van der Waals surface area (Å²) in [5, 5.41) is 19.3. The van der Waals surface area contributed by atoms with Gasteiger partial charge in [0.2, 0.25) is 0 Å². The van der Waals surface area contributed by atoms with Crippen molar-refractivity contribution in [3.05, 3.63) is 58.9 Å². The summed E-state index contributed by atoms with van der Waals surface area (Å²) in [6.45, 7) is 0. The molecule has 0 aliphatic heterocycles. The molecule has 0 spiro atoms. The molecule has 0 radical (unpaired) electrons. The first kappa shape index (κ1) is 14.9. The van der Waals surface area contributed by atoms with Crippen LogP contribution in [0.5, 0.6) is 0 Å². The van der Waals surface area contributed by atoms with Crippen LogP contribution in [0, 0.1) is 0 Å². The van der Waals surface area contributed by atoms with Gasteiger partial charge in [-0.05, 0) is 23.8 Å². The van der Waals surface area contributed by atoms with E-state index in [-0.39, 0.29) is 6.42 Å². The van der Waals surface area contributed by atoms with Crippen LogP contribution in [-0.2, 0) is 4.79 Å². The number of halogens is 1. The first-order chi connectivity index (χ1) is 10.1. The van der Waals surface area contributed by atoms with Gasteiger partial charge in [-0.3, -0.25) is 9.59 Å². The van der Waals surface area contributed by atoms with Crippen LogP contribution in [0.1, 0.15) is 28.4 Å².